The molecule has 0 atom stereocenters. The van der Waals surface area contributed by atoms with Gasteiger partial charge < -0.3 is 14.0 Å². The zero-order valence-corrected chi connectivity index (χ0v) is 12.6. The summed E-state index contributed by atoms with van der Waals surface area (Å²) in [4.78, 5) is 4.22. The summed E-state index contributed by atoms with van der Waals surface area (Å²) in [6.45, 7) is 1.61. The van der Waals surface area contributed by atoms with Gasteiger partial charge in [-0.25, -0.2) is 0 Å². The van der Waals surface area contributed by atoms with E-state index >= 15 is 0 Å². The van der Waals surface area contributed by atoms with Gasteiger partial charge in [0.15, 0.2) is 5.76 Å². The van der Waals surface area contributed by atoms with Crippen molar-refractivity contribution in [3.05, 3.63) is 65.6 Å². The molecular weight excluding hydrogens is 292 g/mol. The number of nitrogens with zero attached hydrogens (tertiary/aromatic N) is 2. The van der Waals surface area contributed by atoms with Crippen molar-refractivity contribution in [2.24, 2.45) is 0 Å². The maximum atomic E-state index is 5.62. The Balaban J connectivity index is 1.41. The third-order valence-corrected chi connectivity index (χ3v) is 3.76. The Morgan fingerprint density at radius 3 is 2.91 bits per heavy atom. The lowest BCUT2D eigenvalue weighted by Gasteiger charge is -2.00. The maximum Gasteiger partial charge on any atom is 0.167 e. The van der Waals surface area contributed by atoms with Gasteiger partial charge in [-0.3, -0.25) is 4.98 Å². The standard InChI is InChI=1S/C18H16N2O3/c1-2-7-19-15(3-1)11-21-12-16-10-18(23-20-16)13-4-5-17-14(9-13)6-8-22-17/h1-5,7,9-10H,6,8,11-12H2. The molecule has 0 saturated heterocycles. The Labute approximate surface area is 133 Å². The lowest BCUT2D eigenvalue weighted by atomic mass is 10.1. The van der Waals surface area contributed by atoms with E-state index in [0.717, 1.165) is 41.5 Å². The monoisotopic (exact) mass is 308 g/mol. The molecule has 1 aliphatic rings. The predicted molar refractivity (Wildman–Crippen MR) is 83.9 cm³/mol. The molecule has 0 bridgehead atoms. The molecule has 0 radical (unpaired) electrons. The number of fused-ring (bicyclic) bond motifs is 1. The van der Waals surface area contributed by atoms with Gasteiger partial charge in [-0.05, 0) is 35.9 Å². The molecule has 0 saturated carbocycles. The Bertz CT molecular complexity index is 799. The fraction of sp³-hybridized carbons (Fsp3) is 0.222. The lowest BCUT2D eigenvalue weighted by Crippen LogP contribution is -1.95. The largest absolute Gasteiger partial charge is 0.493 e. The number of ether oxygens (including phenoxy) is 2. The van der Waals surface area contributed by atoms with Gasteiger partial charge in [0.05, 0.1) is 25.5 Å². The van der Waals surface area contributed by atoms with E-state index in [4.69, 9.17) is 14.0 Å². The maximum absolute atomic E-state index is 5.62. The number of benzene rings is 1. The molecule has 1 aliphatic heterocycles. The van der Waals surface area contributed by atoms with Gasteiger partial charge in [0, 0.05) is 24.2 Å². The highest BCUT2D eigenvalue weighted by Gasteiger charge is 2.14. The molecule has 2 aromatic heterocycles. The molecule has 23 heavy (non-hydrogen) atoms. The van der Waals surface area contributed by atoms with Crippen LogP contribution in [0.3, 0.4) is 0 Å². The van der Waals surface area contributed by atoms with Crippen LogP contribution in [0.5, 0.6) is 5.75 Å². The first kappa shape index (κ1) is 14.0. The third kappa shape index (κ3) is 3.10. The molecule has 0 fully saturated rings. The predicted octanol–water partition coefficient (Wildman–Crippen LogP) is 3.39. The van der Waals surface area contributed by atoms with E-state index in [1.807, 2.05) is 36.4 Å². The summed E-state index contributed by atoms with van der Waals surface area (Å²) in [6.07, 6.45) is 2.70. The van der Waals surface area contributed by atoms with Gasteiger partial charge in [0.25, 0.3) is 0 Å². The summed E-state index contributed by atoms with van der Waals surface area (Å²) < 4.78 is 16.6. The Kier molecular flexibility index (Phi) is 3.78. The van der Waals surface area contributed by atoms with Crippen LogP contribution < -0.4 is 4.74 Å². The third-order valence-electron chi connectivity index (χ3n) is 3.76. The highest BCUT2D eigenvalue weighted by Crippen LogP contribution is 2.30. The molecular formula is C18H16N2O3. The van der Waals surface area contributed by atoms with E-state index in [-0.39, 0.29) is 0 Å². The van der Waals surface area contributed by atoms with Crippen molar-refractivity contribution in [3.63, 3.8) is 0 Å². The van der Waals surface area contributed by atoms with Crippen molar-refractivity contribution in [2.45, 2.75) is 19.6 Å². The number of pyridine rings is 1. The Hall–Kier alpha value is -2.66. The summed E-state index contributed by atoms with van der Waals surface area (Å²) in [5.74, 6) is 1.71. The highest BCUT2D eigenvalue weighted by molar-refractivity contribution is 5.61. The van der Waals surface area contributed by atoms with Crippen LogP contribution in [-0.4, -0.2) is 16.7 Å². The first-order chi connectivity index (χ1) is 11.4. The van der Waals surface area contributed by atoms with E-state index in [1.54, 1.807) is 6.20 Å². The molecule has 0 spiro atoms. The molecule has 116 valence electrons. The van der Waals surface area contributed by atoms with Crippen LogP contribution in [0, 0.1) is 0 Å². The quantitative estimate of drug-likeness (QED) is 0.723. The molecule has 5 heteroatoms. The van der Waals surface area contributed by atoms with Crippen LogP contribution >= 0.6 is 0 Å². The minimum atomic E-state index is 0.397. The second-order valence-electron chi connectivity index (χ2n) is 5.42. The Morgan fingerprint density at radius 2 is 2.00 bits per heavy atom. The van der Waals surface area contributed by atoms with Crippen molar-refractivity contribution < 1.29 is 14.0 Å². The van der Waals surface area contributed by atoms with Gasteiger partial charge in [0.2, 0.25) is 0 Å². The first-order valence-corrected chi connectivity index (χ1v) is 7.58. The van der Waals surface area contributed by atoms with Crippen LogP contribution in [0.4, 0.5) is 0 Å². The summed E-state index contributed by atoms with van der Waals surface area (Å²) in [5.41, 5.74) is 3.90. The number of aromatic nitrogens is 2. The van der Waals surface area contributed by atoms with Gasteiger partial charge >= 0.3 is 0 Å². The molecule has 0 amide bonds. The molecule has 0 N–H and O–H groups in total. The van der Waals surface area contributed by atoms with Crippen LogP contribution in [0.1, 0.15) is 17.0 Å². The molecule has 5 nitrogen and oxygen atoms in total. The van der Waals surface area contributed by atoms with E-state index in [1.165, 1.54) is 5.56 Å². The summed E-state index contributed by atoms with van der Waals surface area (Å²) in [6, 6.07) is 13.7. The van der Waals surface area contributed by atoms with Crippen molar-refractivity contribution >= 4 is 0 Å². The SMILES string of the molecule is c1ccc(COCc2cc(-c3ccc4c(c3)CCO4)on2)nc1. The number of hydrogen-bond donors (Lipinski definition) is 0. The molecule has 0 unspecified atom stereocenters. The van der Waals surface area contributed by atoms with Crippen LogP contribution in [0.15, 0.2) is 53.2 Å². The minimum absolute atomic E-state index is 0.397. The van der Waals surface area contributed by atoms with E-state index in [9.17, 15) is 0 Å². The fourth-order valence-corrected chi connectivity index (χ4v) is 2.60. The van der Waals surface area contributed by atoms with Crippen molar-refractivity contribution in [3.8, 4) is 17.1 Å². The van der Waals surface area contributed by atoms with Gasteiger partial charge in [-0.1, -0.05) is 11.2 Å². The Morgan fingerprint density at radius 1 is 1.04 bits per heavy atom. The van der Waals surface area contributed by atoms with E-state index < -0.39 is 0 Å². The van der Waals surface area contributed by atoms with Crippen molar-refractivity contribution in [2.75, 3.05) is 6.61 Å². The highest BCUT2D eigenvalue weighted by atomic mass is 16.5. The first-order valence-electron chi connectivity index (χ1n) is 7.58. The van der Waals surface area contributed by atoms with Crippen molar-refractivity contribution in [1.29, 1.82) is 0 Å². The van der Waals surface area contributed by atoms with Crippen LogP contribution in [0.25, 0.3) is 11.3 Å². The zero-order chi connectivity index (χ0) is 15.5. The average Bonchev–Trinajstić information content (AvgIpc) is 3.24. The van der Waals surface area contributed by atoms with Gasteiger partial charge in [-0.15, -0.1) is 0 Å². The van der Waals surface area contributed by atoms with E-state index in [0.29, 0.717) is 13.2 Å². The molecule has 4 rings (SSSR count). The average molecular weight is 308 g/mol. The summed E-state index contributed by atoms with van der Waals surface area (Å²) >= 11 is 0. The summed E-state index contributed by atoms with van der Waals surface area (Å²) in [7, 11) is 0. The van der Waals surface area contributed by atoms with E-state index in [2.05, 4.69) is 16.2 Å². The van der Waals surface area contributed by atoms with Crippen LogP contribution in [0.2, 0.25) is 0 Å². The topological polar surface area (TPSA) is 57.4 Å². The molecule has 3 heterocycles. The van der Waals surface area contributed by atoms with Crippen molar-refractivity contribution in [1.82, 2.24) is 10.1 Å². The number of rotatable bonds is 5. The second kappa shape index (κ2) is 6.22. The molecule has 1 aromatic carbocycles. The lowest BCUT2D eigenvalue weighted by molar-refractivity contribution is 0.0997. The summed E-state index contributed by atoms with van der Waals surface area (Å²) in [5, 5.41) is 4.07. The smallest absolute Gasteiger partial charge is 0.167 e. The molecule has 0 aliphatic carbocycles. The van der Waals surface area contributed by atoms with Crippen LogP contribution in [-0.2, 0) is 24.4 Å². The second-order valence-corrected chi connectivity index (χ2v) is 5.42. The molecule has 3 aromatic rings. The zero-order valence-electron chi connectivity index (χ0n) is 12.6. The minimum Gasteiger partial charge on any atom is -0.493 e. The van der Waals surface area contributed by atoms with Gasteiger partial charge in [0.1, 0.15) is 11.4 Å². The normalized spacial score (nSPS) is 12.9. The number of hydrogen-bond acceptors (Lipinski definition) is 5. The van der Waals surface area contributed by atoms with Gasteiger partial charge in [-0.2, -0.15) is 0 Å². The fourth-order valence-electron chi connectivity index (χ4n) is 2.60.